The second-order valence-electron chi connectivity index (χ2n) is 24.9. The van der Waals surface area contributed by atoms with Crippen molar-refractivity contribution in [2.24, 2.45) is 5.92 Å². The van der Waals surface area contributed by atoms with E-state index < -0.39 is 0 Å². The van der Waals surface area contributed by atoms with E-state index in [4.69, 9.17) is 0 Å². The van der Waals surface area contributed by atoms with Crippen LogP contribution < -0.4 is 0 Å². The Morgan fingerprint density at radius 3 is 0.946 bits per heavy atom. The van der Waals surface area contributed by atoms with Crippen LogP contribution in [0.1, 0.15) is 190 Å². The Bertz CT molecular complexity index is 3240. The van der Waals surface area contributed by atoms with E-state index in [1.165, 1.54) is 130 Å². The molecule has 0 atom stereocenters. The molecule has 0 heteroatoms. The van der Waals surface area contributed by atoms with Gasteiger partial charge >= 0.3 is 0 Å². The lowest BCUT2D eigenvalue weighted by Crippen LogP contribution is -2.00. The second kappa shape index (κ2) is 20.4. The van der Waals surface area contributed by atoms with Gasteiger partial charge in [-0.05, 0) is 350 Å². The number of benzene rings is 5. The average molecular weight is 978 g/mol. The Labute approximate surface area is 449 Å². The van der Waals surface area contributed by atoms with Crippen LogP contribution in [0.25, 0.3) is 24.3 Å². The van der Waals surface area contributed by atoms with Crippen molar-refractivity contribution in [2.75, 3.05) is 0 Å². The van der Waals surface area contributed by atoms with Crippen LogP contribution in [0.2, 0.25) is 0 Å². The molecule has 0 aromatic heterocycles. The molecule has 384 valence electrons. The van der Waals surface area contributed by atoms with Crippen LogP contribution in [0, 0.1) is 89.0 Å². The Hall–Kier alpha value is -5.72. The largest absolute Gasteiger partial charge is 0.0992 e. The van der Waals surface area contributed by atoms with E-state index in [2.05, 4.69) is 174 Å². The summed E-state index contributed by atoms with van der Waals surface area (Å²) in [5.74, 6) is 0.845. The number of fused-ring (bicyclic) bond motifs is 8. The molecule has 13 rings (SSSR count). The predicted octanol–water partition coefficient (Wildman–Crippen LogP) is 18.7. The van der Waals surface area contributed by atoms with Gasteiger partial charge in [-0.2, -0.15) is 0 Å². The van der Waals surface area contributed by atoms with Gasteiger partial charge in [0.1, 0.15) is 0 Å². The Morgan fingerprint density at radius 1 is 0.270 bits per heavy atom. The summed E-state index contributed by atoms with van der Waals surface area (Å²) in [6.45, 7) is 50.9. The Kier molecular flexibility index (Phi) is 14.7. The smallest absolute Gasteiger partial charge is 0.00578 e. The quantitative estimate of drug-likeness (QED) is 0.136. The molecule has 0 saturated carbocycles. The third kappa shape index (κ3) is 9.74. The molecule has 8 aliphatic rings. The Balaban J connectivity index is 0.000000114. The van der Waals surface area contributed by atoms with Gasteiger partial charge in [0.05, 0.1) is 0 Å². The van der Waals surface area contributed by atoms with Crippen LogP contribution in [0.3, 0.4) is 0 Å². The summed E-state index contributed by atoms with van der Waals surface area (Å²) in [6, 6.07) is 4.60. The van der Waals surface area contributed by atoms with E-state index in [9.17, 15) is 0 Å². The van der Waals surface area contributed by atoms with Gasteiger partial charge in [-0.15, -0.1) is 0 Å². The first-order valence-corrected chi connectivity index (χ1v) is 28.2. The highest BCUT2D eigenvalue weighted by molar-refractivity contribution is 5.74. The molecule has 0 N–H and O–H groups in total. The van der Waals surface area contributed by atoms with E-state index in [-0.39, 0.29) is 0 Å². The summed E-state index contributed by atoms with van der Waals surface area (Å²) in [5.41, 5.74) is 53.1. The zero-order valence-corrected chi connectivity index (χ0v) is 49.1. The molecule has 5 aromatic carbocycles. The highest BCUT2D eigenvalue weighted by Gasteiger charge is 2.30. The van der Waals surface area contributed by atoms with E-state index in [1.54, 1.807) is 77.9 Å². The van der Waals surface area contributed by atoms with Crippen molar-refractivity contribution >= 4 is 24.3 Å². The summed E-state index contributed by atoms with van der Waals surface area (Å²) in [4.78, 5) is 0. The fraction of sp³-hybridized carbons (Fsp3) is 0.405. The lowest BCUT2D eigenvalue weighted by atomic mass is 9.90. The van der Waals surface area contributed by atoms with Crippen molar-refractivity contribution in [1.82, 2.24) is 0 Å². The molecule has 74 heavy (non-hydrogen) atoms. The maximum Gasteiger partial charge on any atom is -0.00578 e. The molecule has 0 fully saturated rings. The van der Waals surface area contributed by atoms with Crippen LogP contribution in [-0.2, 0) is 77.0 Å². The molecule has 0 saturated heterocycles. The number of allylic oxidation sites excluding steroid dienone is 7. The first kappa shape index (κ1) is 53.1. The summed E-state index contributed by atoms with van der Waals surface area (Å²) in [5, 5.41) is 0. The van der Waals surface area contributed by atoms with Crippen LogP contribution in [-0.4, -0.2) is 0 Å². The summed E-state index contributed by atoms with van der Waals surface area (Å²) < 4.78 is 0. The summed E-state index contributed by atoms with van der Waals surface area (Å²) in [6.07, 6.45) is 23.3. The zero-order chi connectivity index (χ0) is 53.5. The highest BCUT2D eigenvalue weighted by Crippen LogP contribution is 2.43. The second-order valence-corrected chi connectivity index (χ2v) is 24.9. The molecule has 0 aliphatic heterocycles. The number of hydrogen-bond donors (Lipinski definition) is 0. The maximum atomic E-state index is 4.17. The van der Waals surface area contributed by atoms with Gasteiger partial charge in [-0.1, -0.05) is 102 Å². The van der Waals surface area contributed by atoms with E-state index >= 15 is 0 Å². The van der Waals surface area contributed by atoms with Crippen molar-refractivity contribution in [3.05, 3.63) is 227 Å². The minimum atomic E-state index is 0.845. The van der Waals surface area contributed by atoms with Gasteiger partial charge < -0.3 is 0 Å². The first-order chi connectivity index (χ1) is 34.9. The van der Waals surface area contributed by atoms with Crippen LogP contribution in [0.4, 0.5) is 0 Å². The predicted molar refractivity (Wildman–Crippen MR) is 325 cm³/mol. The fourth-order valence-electron chi connectivity index (χ4n) is 14.5. The van der Waals surface area contributed by atoms with Gasteiger partial charge in [0.2, 0.25) is 0 Å². The van der Waals surface area contributed by atoms with Gasteiger partial charge in [0.15, 0.2) is 0 Å². The standard InChI is InChI=1S/C16H20.2C16H18.2C13H16/c3*1-9-5-13-11(3)15-7-10(2)8-16(15)12(4)14(13)6-9;2*1-8-5-12-10(3)7-9(2)11(4)13(12)6-8/h10H,1,5-8H2,2-4H3;2*7H,1,5-6,8H2,2-4H3;6-7H,5H2,1-4H3;5,7H,6H2,1-4H3. The Morgan fingerprint density at radius 2 is 0.554 bits per heavy atom. The molecular formula is C74H88. The van der Waals surface area contributed by atoms with Crippen LogP contribution in [0.5, 0.6) is 0 Å². The molecule has 0 nitrogen and oxygen atoms in total. The summed E-state index contributed by atoms with van der Waals surface area (Å²) >= 11 is 0. The highest BCUT2D eigenvalue weighted by atomic mass is 14.3. The monoisotopic (exact) mass is 977 g/mol. The van der Waals surface area contributed by atoms with Crippen LogP contribution in [0.15, 0.2) is 70.9 Å². The van der Waals surface area contributed by atoms with Crippen molar-refractivity contribution in [2.45, 2.75) is 195 Å². The molecule has 0 heterocycles. The average Bonchev–Trinajstić information content (AvgIpc) is 4.21. The number of rotatable bonds is 0. The van der Waals surface area contributed by atoms with Crippen LogP contribution >= 0.6 is 0 Å². The van der Waals surface area contributed by atoms with Gasteiger partial charge in [0.25, 0.3) is 0 Å². The zero-order valence-electron chi connectivity index (χ0n) is 49.1. The summed E-state index contributed by atoms with van der Waals surface area (Å²) in [7, 11) is 0. The van der Waals surface area contributed by atoms with Gasteiger partial charge in [0, 0.05) is 0 Å². The van der Waals surface area contributed by atoms with Crippen molar-refractivity contribution in [3.8, 4) is 0 Å². The van der Waals surface area contributed by atoms with Crippen molar-refractivity contribution in [1.29, 1.82) is 0 Å². The molecule has 0 amide bonds. The molecular weight excluding hydrogens is 889 g/mol. The maximum absolute atomic E-state index is 4.17. The third-order valence-corrected chi connectivity index (χ3v) is 19.0. The van der Waals surface area contributed by atoms with E-state index in [0.717, 1.165) is 70.1 Å². The van der Waals surface area contributed by atoms with Crippen molar-refractivity contribution in [3.63, 3.8) is 0 Å². The lowest BCUT2D eigenvalue weighted by molar-refractivity contribution is 0.626. The number of aryl methyl sites for hydroxylation is 4. The minimum Gasteiger partial charge on any atom is -0.0992 e. The molecule has 8 aliphatic carbocycles. The molecule has 0 radical (unpaired) electrons. The van der Waals surface area contributed by atoms with Gasteiger partial charge in [-0.3, -0.25) is 0 Å². The molecule has 5 aromatic rings. The SMILES string of the molecule is C=C1Cc2c(C)c3c(c(C)c2C1)CC(C)=C3.C=C1Cc2c(C)c3c(c(C)c2C1)CC(C)=C3.C=C1Cc2c(C)c3c(c(C)c2C1)CC(C)C3.CC1=Cc2c(C)c(C)cc(C)c2C1.CC1=Cc2c(C)cc(C)c(C)c2C1. The number of hydrogen-bond acceptors (Lipinski definition) is 0. The molecule has 0 spiro atoms. The fourth-order valence-corrected chi connectivity index (χ4v) is 14.5. The first-order valence-electron chi connectivity index (χ1n) is 28.2. The van der Waals surface area contributed by atoms with Crippen molar-refractivity contribution < 1.29 is 0 Å². The topological polar surface area (TPSA) is 0 Å². The van der Waals surface area contributed by atoms with E-state index in [0.29, 0.717) is 0 Å². The molecule has 0 unspecified atom stereocenters. The van der Waals surface area contributed by atoms with E-state index in [1.807, 2.05) is 0 Å². The molecule has 0 bridgehead atoms. The minimum absolute atomic E-state index is 0.845. The normalized spacial score (nSPS) is 16.7. The third-order valence-electron chi connectivity index (χ3n) is 19.0. The lowest BCUT2D eigenvalue weighted by Gasteiger charge is -2.14. The van der Waals surface area contributed by atoms with Gasteiger partial charge in [-0.25, -0.2) is 0 Å².